The zero-order valence-electron chi connectivity index (χ0n) is 13.2. The average Bonchev–Trinajstić information content (AvgIpc) is 3.30. The van der Waals surface area contributed by atoms with E-state index in [0.717, 1.165) is 12.8 Å². The van der Waals surface area contributed by atoms with E-state index in [4.69, 9.17) is 9.47 Å². The number of rotatable bonds is 3. The highest BCUT2D eigenvalue weighted by Crippen LogP contribution is 2.34. The number of aromatic nitrogens is 4. The van der Waals surface area contributed by atoms with Crippen LogP contribution in [0.4, 0.5) is 0 Å². The lowest BCUT2D eigenvalue weighted by atomic mass is 10.00. The van der Waals surface area contributed by atoms with Gasteiger partial charge in [-0.25, -0.2) is 9.97 Å². The molecule has 2 fully saturated rings. The van der Waals surface area contributed by atoms with Crippen LogP contribution in [0.3, 0.4) is 0 Å². The van der Waals surface area contributed by atoms with Crippen LogP contribution in [-0.2, 0) is 16.0 Å². The van der Waals surface area contributed by atoms with Gasteiger partial charge in [0.1, 0.15) is 23.9 Å². The van der Waals surface area contributed by atoms with Gasteiger partial charge in [-0.1, -0.05) is 0 Å². The van der Waals surface area contributed by atoms with Crippen molar-refractivity contribution in [2.45, 2.75) is 31.1 Å². The number of carbonyl (C=O) groups is 1. The van der Waals surface area contributed by atoms with E-state index in [-0.39, 0.29) is 12.0 Å². The molecule has 0 saturated carbocycles. The van der Waals surface area contributed by atoms with Crippen LogP contribution in [0.15, 0.2) is 23.5 Å². The molecule has 8 nitrogen and oxygen atoms in total. The zero-order valence-corrected chi connectivity index (χ0v) is 14.0. The van der Waals surface area contributed by atoms with Crippen LogP contribution in [0, 0.1) is 0 Å². The topological polar surface area (TPSA) is 82.4 Å². The molecule has 2 atom stereocenters. The summed E-state index contributed by atoms with van der Waals surface area (Å²) in [6, 6.07) is 0. The first kappa shape index (κ1) is 15.7. The summed E-state index contributed by atoms with van der Waals surface area (Å²) >= 11 is 1.43. The average molecular weight is 349 g/mol. The van der Waals surface area contributed by atoms with E-state index in [0.29, 0.717) is 38.5 Å². The van der Waals surface area contributed by atoms with E-state index in [2.05, 4.69) is 15.1 Å². The van der Waals surface area contributed by atoms with Gasteiger partial charge in [-0.15, -0.1) is 11.3 Å². The molecule has 0 bridgehead atoms. The van der Waals surface area contributed by atoms with E-state index in [1.165, 1.54) is 17.7 Å². The fraction of sp³-hybridized carbons (Fsp3) is 0.600. The molecule has 2 aromatic heterocycles. The number of hydrogen-bond donors (Lipinski definition) is 0. The molecular formula is C15H19N5O3S. The number of carbonyl (C=O) groups excluding carboxylic acids is 1. The van der Waals surface area contributed by atoms with Gasteiger partial charge in [0.25, 0.3) is 5.91 Å². The number of amides is 1. The number of nitrogens with zero attached hydrogens (tertiary/aromatic N) is 5. The molecule has 4 heterocycles. The molecule has 0 radical (unpaired) electrons. The monoisotopic (exact) mass is 349 g/mol. The Labute approximate surface area is 143 Å². The maximum Gasteiger partial charge on any atom is 0.273 e. The van der Waals surface area contributed by atoms with Crippen molar-refractivity contribution in [3.63, 3.8) is 0 Å². The Bertz CT molecular complexity index is 677. The molecule has 9 heteroatoms. The third-order valence-corrected chi connectivity index (χ3v) is 5.07. The lowest BCUT2D eigenvalue weighted by Gasteiger charge is -2.31. The van der Waals surface area contributed by atoms with Gasteiger partial charge >= 0.3 is 0 Å². The molecule has 4 rings (SSSR count). The summed E-state index contributed by atoms with van der Waals surface area (Å²) in [6.45, 7) is 2.81. The van der Waals surface area contributed by atoms with E-state index in [9.17, 15) is 4.79 Å². The smallest absolute Gasteiger partial charge is 0.273 e. The molecule has 2 aliphatic heterocycles. The Morgan fingerprint density at radius 3 is 3.25 bits per heavy atom. The fourth-order valence-electron chi connectivity index (χ4n) is 3.34. The third-order valence-electron chi connectivity index (χ3n) is 4.48. The predicted molar refractivity (Wildman–Crippen MR) is 85.7 cm³/mol. The zero-order chi connectivity index (χ0) is 16.4. The quantitative estimate of drug-likeness (QED) is 0.816. The summed E-state index contributed by atoms with van der Waals surface area (Å²) in [4.78, 5) is 22.5. The Kier molecular flexibility index (Phi) is 4.30. The molecule has 24 heavy (non-hydrogen) atoms. The largest absolute Gasteiger partial charge is 0.377 e. The number of hydrogen-bond acceptors (Lipinski definition) is 7. The van der Waals surface area contributed by atoms with Crippen LogP contribution in [0.25, 0.3) is 0 Å². The molecular weight excluding hydrogens is 330 g/mol. The van der Waals surface area contributed by atoms with Gasteiger partial charge in [0.05, 0.1) is 37.9 Å². The summed E-state index contributed by atoms with van der Waals surface area (Å²) in [5.41, 5.74) is 1.74. The van der Waals surface area contributed by atoms with Crippen molar-refractivity contribution >= 4 is 17.2 Å². The summed E-state index contributed by atoms with van der Waals surface area (Å²) in [5.74, 6) is -0.0514. The second-order valence-corrected chi connectivity index (χ2v) is 6.95. The summed E-state index contributed by atoms with van der Waals surface area (Å²) in [7, 11) is 0. The van der Waals surface area contributed by atoms with Gasteiger partial charge in [-0.2, -0.15) is 5.10 Å². The highest BCUT2D eigenvalue weighted by Gasteiger charge is 2.44. The normalized spacial score (nSPS) is 27.5. The first-order valence-electron chi connectivity index (χ1n) is 8.00. The highest BCUT2D eigenvalue weighted by molar-refractivity contribution is 7.07. The van der Waals surface area contributed by atoms with E-state index in [1.807, 2.05) is 0 Å². The van der Waals surface area contributed by atoms with Gasteiger partial charge in [-0.05, 0) is 12.8 Å². The molecule has 0 N–H and O–H groups in total. The van der Waals surface area contributed by atoms with Crippen molar-refractivity contribution in [2.24, 2.45) is 0 Å². The maximum atomic E-state index is 12.6. The summed E-state index contributed by atoms with van der Waals surface area (Å²) in [6.07, 6.45) is 5.06. The van der Waals surface area contributed by atoms with Crippen LogP contribution in [0.5, 0.6) is 0 Å². The minimum Gasteiger partial charge on any atom is -0.377 e. The SMILES string of the molecule is O=C(c1cscn1)N1CCOC[C@]2(CC[C@H](Cn3cncn3)O2)C1. The van der Waals surface area contributed by atoms with Gasteiger partial charge in [0, 0.05) is 11.9 Å². The van der Waals surface area contributed by atoms with Crippen molar-refractivity contribution in [1.82, 2.24) is 24.6 Å². The van der Waals surface area contributed by atoms with Crippen molar-refractivity contribution in [2.75, 3.05) is 26.3 Å². The Morgan fingerprint density at radius 1 is 1.50 bits per heavy atom. The third kappa shape index (κ3) is 3.19. The van der Waals surface area contributed by atoms with Crippen molar-refractivity contribution in [3.8, 4) is 0 Å². The molecule has 0 unspecified atom stereocenters. The van der Waals surface area contributed by atoms with Crippen molar-refractivity contribution in [1.29, 1.82) is 0 Å². The first-order valence-corrected chi connectivity index (χ1v) is 8.94. The lowest BCUT2D eigenvalue weighted by molar-refractivity contribution is -0.0881. The Hall–Kier alpha value is -1.84. The molecule has 1 amide bonds. The van der Waals surface area contributed by atoms with E-state index >= 15 is 0 Å². The van der Waals surface area contributed by atoms with Crippen LogP contribution in [-0.4, -0.2) is 68.6 Å². The maximum absolute atomic E-state index is 12.6. The molecule has 2 aliphatic rings. The highest BCUT2D eigenvalue weighted by atomic mass is 32.1. The van der Waals surface area contributed by atoms with Crippen LogP contribution >= 0.6 is 11.3 Å². The van der Waals surface area contributed by atoms with Crippen LogP contribution < -0.4 is 0 Å². The number of ether oxygens (including phenoxy) is 2. The Morgan fingerprint density at radius 2 is 2.46 bits per heavy atom. The molecule has 2 aromatic rings. The van der Waals surface area contributed by atoms with Crippen molar-refractivity contribution < 1.29 is 14.3 Å². The first-order chi connectivity index (χ1) is 11.7. The van der Waals surface area contributed by atoms with Gasteiger partial charge in [-0.3, -0.25) is 9.48 Å². The lowest BCUT2D eigenvalue weighted by Crippen LogP contribution is -2.47. The molecule has 0 aromatic carbocycles. The van der Waals surface area contributed by atoms with E-state index < -0.39 is 5.60 Å². The second kappa shape index (κ2) is 6.58. The number of thiazole rings is 1. The van der Waals surface area contributed by atoms with Crippen molar-refractivity contribution in [3.05, 3.63) is 29.2 Å². The second-order valence-electron chi connectivity index (χ2n) is 6.23. The summed E-state index contributed by atoms with van der Waals surface area (Å²) in [5, 5.41) is 5.91. The van der Waals surface area contributed by atoms with Gasteiger partial charge in [0.15, 0.2) is 0 Å². The predicted octanol–water partition coefficient (Wildman–Crippen LogP) is 0.825. The van der Waals surface area contributed by atoms with Gasteiger partial charge in [0.2, 0.25) is 0 Å². The molecule has 0 aliphatic carbocycles. The Balaban J connectivity index is 1.45. The fourth-order valence-corrected chi connectivity index (χ4v) is 3.87. The summed E-state index contributed by atoms with van der Waals surface area (Å²) < 4.78 is 13.8. The molecule has 1 spiro atoms. The van der Waals surface area contributed by atoms with Crippen LogP contribution in [0.1, 0.15) is 23.3 Å². The van der Waals surface area contributed by atoms with E-state index in [1.54, 1.807) is 26.8 Å². The van der Waals surface area contributed by atoms with Gasteiger partial charge < -0.3 is 14.4 Å². The molecule has 2 saturated heterocycles. The minimum absolute atomic E-state index is 0.0514. The minimum atomic E-state index is -0.437. The van der Waals surface area contributed by atoms with Crippen LogP contribution in [0.2, 0.25) is 0 Å². The standard InChI is InChI=1S/C15H19N5O3S/c21-14(13-6-24-11-17-13)19-3-4-22-8-15(7-19)2-1-12(23-15)5-20-10-16-9-18-20/h6,9-12H,1-5,7-8H2/t12-,15+/m1/s1. The molecule has 128 valence electrons.